The zero-order valence-corrected chi connectivity index (χ0v) is 12.9. The Hall–Kier alpha value is -1.65. The van der Waals surface area contributed by atoms with Crippen molar-refractivity contribution in [3.8, 4) is 0 Å². The van der Waals surface area contributed by atoms with Crippen molar-refractivity contribution in [1.29, 1.82) is 0 Å². The summed E-state index contributed by atoms with van der Waals surface area (Å²) >= 11 is 0. The molecule has 3 nitrogen and oxygen atoms in total. The summed E-state index contributed by atoms with van der Waals surface area (Å²) in [6.45, 7) is 6.28. The van der Waals surface area contributed by atoms with E-state index >= 15 is 0 Å². The van der Waals surface area contributed by atoms with Crippen LogP contribution in [0.15, 0.2) is 41.2 Å². The molecule has 1 heterocycles. The second-order valence-electron chi connectivity index (χ2n) is 5.77. The van der Waals surface area contributed by atoms with Crippen molar-refractivity contribution in [3.63, 3.8) is 0 Å². The van der Waals surface area contributed by atoms with E-state index in [0.29, 0.717) is 12.6 Å². The first-order chi connectivity index (χ1) is 10.0. The molecule has 21 heavy (non-hydrogen) atoms. The average molecular weight is 290 g/mol. The highest BCUT2D eigenvalue weighted by molar-refractivity contribution is 5.25. The van der Waals surface area contributed by atoms with E-state index in [-0.39, 0.29) is 5.82 Å². The molecular weight excluding hydrogens is 267 g/mol. The standard InChI is InChI=1S/C17H23FN2O/c1-13(2)19-9-14-4-5-17(18)16(8-14)11-20(3)10-15-6-7-21-12-15/h4-8,12-13,19H,9-11H2,1-3H3. The summed E-state index contributed by atoms with van der Waals surface area (Å²) < 4.78 is 19.0. The Kier molecular flexibility index (Phi) is 5.53. The Bertz CT molecular complexity index is 552. The van der Waals surface area contributed by atoms with Crippen molar-refractivity contribution < 1.29 is 8.81 Å². The van der Waals surface area contributed by atoms with E-state index in [9.17, 15) is 4.39 Å². The Balaban J connectivity index is 1.99. The van der Waals surface area contributed by atoms with Crippen LogP contribution in [-0.4, -0.2) is 18.0 Å². The van der Waals surface area contributed by atoms with E-state index in [1.807, 2.05) is 25.2 Å². The highest BCUT2D eigenvalue weighted by Crippen LogP contribution is 2.14. The summed E-state index contributed by atoms with van der Waals surface area (Å²) in [6.07, 6.45) is 3.37. The number of nitrogens with one attached hydrogen (secondary N) is 1. The third-order valence-corrected chi connectivity index (χ3v) is 3.30. The molecule has 1 N–H and O–H groups in total. The lowest BCUT2D eigenvalue weighted by Gasteiger charge is -2.17. The largest absolute Gasteiger partial charge is 0.472 e. The first-order valence-corrected chi connectivity index (χ1v) is 7.25. The molecular formula is C17H23FN2O. The van der Waals surface area contributed by atoms with Crippen molar-refractivity contribution in [2.75, 3.05) is 7.05 Å². The highest BCUT2D eigenvalue weighted by atomic mass is 19.1. The summed E-state index contributed by atoms with van der Waals surface area (Å²) in [4.78, 5) is 2.07. The molecule has 0 spiro atoms. The van der Waals surface area contributed by atoms with Crippen LogP contribution in [0.4, 0.5) is 4.39 Å². The summed E-state index contributed by atoms with van der Waals surface area (Å²) in [5.41, 5.74) is 2.93. The maximum atomic E-state index is 13.9. The lowest BCUT2D eigenvalue weighted by Crippen LogP contribution is -2.22. The van der Waals surface area contributed by atoms with Crippen LogP contribution < -0.4 is 5.32 Å². The van der Waals surface area contributed by atoms with Gasteiger partial charge in [-0.15, -0.1) is 0 Å². The molecule has 0 fully saturated rings. The van der Waals surface area contributed by atoms with Gasteiger partial charge in [0, 0.05) is 36.8 Å². The van der Waals surface area contributed by atoms with Gasteiger partial charge in [-0.05, 0) is 24.7 Å². The number of rotatable bonds is 7. The Labute approximate surface area is 125 Å². The van der Waals surface area contributed by atoms with Crippen LogP contribution in [0, 0.1) is 5.82 Å². The van der Waals surface area contributed by atoms with Crippen LogP contribution in [-0.2, 0) is 19.6 Å². The van der Waals surface area contributed by atoms with Crippen molar-refractivity contribution in [2.24, 2.45) is 0 Å². The van der Waals surface area contributed by atoms with E-state index in [1.54, 1.807) is 18.6 Å². The topological polar surface area (TPSA) is 28.4 Å². The van der Waals surface area contributed by atoms with Gasteiger partial charge < -0.3 is 9.73 Å². The maximum absolute atomic E-state index is 13.9. The summed E-state index contributed by atoms with van der Waals surface area (Å²) in [5.74, 6) is -0.151. The number of halogens is 1. The van der Waals surface area contributed by atoms with E-state index in [1.165, 1.54) is 0 Å². The lowest BCUT2D eigenvalue weighted by molar-refractivity contribution is 0.312. The maximum Gasteiger partial charge on any atom is 0.127 e. The molecule has 0 unspecified atom stereocenters. The predicted molar refractivity (Wildman–Crippen MR) is 82.3 cm³/mol. The molecule has 0 amide bonds. The normalized spacial score (nSPS) is 11.5. The number of hydrogen-bond donors (Lipinski definition) is 1. The SMILES string of the molecule is CC(C)NCc1ccc(F)c(CN(C)Cc2ccoc2)c1. The molecule has 0 radical (unpaired) electrons. The van der Waals surface area contributed by atoms with E-state index in [0.717, 1.165) is 29.8 Å². The molecule has 114 valence electrons. The van der Waals surface area contributed by atoms with Gasteiger partial charge in [-0.2, -0.15) is 0 Å². The van der Waals surface area contributed by atoms with Crippen molar-refractivity contribution in [1.82, 2.24) is 10.2 Å². The number of furan rings is 1. The molecule has 0 atom stereocenters. The Morgan fingerprint density at radius 1 is 1.19 bits per heavy atom. The van der Waals surface area contributed by atoms with Crippen LogP contribution >= 0.6 is 0 Å². The predicted octanol–water partition coefficient (Wildman–Crippen LogP) is 3.55. The Morgan fingerprint density at radius 3 is 2.67 bits per heavy atom. The van der Waals surface area contributed by atoms with Crippen LogP contribution in [0.5, 0.6) is 0 Å². The molecule has 2 aromatic rings. The van der Waals surface area contributed by atoms with Gasteiger partial charge in [0.1, 0.15) is 5.82 Å². The van der Waals surface area contributed by atoms with E-state index in [4.69, 9.17) is 4.42 Å². The minimum Gasteiger partial charge on any atom is -0.472 e. The zero-order valence-electron chi connectivity index (χ0n) is 12.9. The molecule has 0 saturated carbocycles. The smallest absolute Gasteiger partial charge is 0.127 e. The summed E-state index contributed by atoms with van der Waals surface area (Å²) in [5, 5.41) is 3.35. The molecule has 2 rings (SSSR count). The second kappa shape index (κ2) is 7.38. The zero-order chi connectivity index (χ0) is 15.2. The van der Waals surface area contributed by atoms with Gasteiger partial charge in [-0.25, -0.2) is 4.39 Å². The third-order valence-electron chi connectivity index (χ3n) is 3.30. The number of hydrogen-bond acceptors (Lipinski definition) is 3. The van der Waals surface area contributed by atoms with Crippen LogP contribution in [0.25, 0.3) is 0 Å². The van der Waals surface area contributed by atoms with Crippen LogP contribution in [0.1, 0.15) is 30.5 Å². The molecule has 0 aliphatic carbocycles. The van der Waals surface area contributed by atoms with Gasteiger partial charge in [-0.1, -0.05) is 26.0 Å². The fraction of sp³-hybridized carbons (Fsp3) is 0.412. The van der Waals surface area contributed by atoms with E-state index in [2.05, 4.69) is 24.1 Å². The minimum atomic E-state index is -0.151. The van der Waals surface area contributed by atoms with Gasteiger partial charge in [0.05, 0.1) is 12.5 Å². The van der Waals surface area contributed by atoms with Gasteiger partial charge in [0.25, 0.3) is 0 Å². The quantitative estimate of drug-likeness (QED) is 0.845. The monoisotopic (exact) mass is 290 g/mol. The van der Waals surface area contributed by atoms with Crippen molar-refractivity contribution in [3.05, 3.63) is 59.3 Å². The number of benzene rings is 1. The van der Waals surface area contributed by atoms with Crippen molar-refractivity contribution in [2.45, 2.75) is 39.5 Å². The summed E-state index contributed by atoms with van der Waals surface area (Å²) in [6, 6.07) is 7.68. The molecule has 0 saturated heterocycles. The van der Waals surface area contributed by atoms with Gasteiger partial charge >= 0.3 is 0 Å². The lowest BCUT2D eigenvalue weighted by atomic mass is 10.1. The highest BCUT2D eigenvalue weighted by Gasteiger charge is 2.08. The van der Waals surface area contributed by atoms with Crippen molar-refractivity contribution >= 4 is 0 Å². The number of nitrogens with zero attached hydrogens (tertiary/aromatic N) is 1. The average Bonchev–Trinajstić information content (AvgIpc) is 2.92. The molecule has 1 aromatic carbocycles. The van der Waals surface area contributed by atoms with E-state index < -0.39 is 0 Å². The minimum absolute atomic E-state index is 0.151. The summed E-state index contributed by atoms with van der Waals surface area (Å²) in [7, 11) is 1.98. The molecule has 0 aliphatic heterocycles. The Morgan fingerprint density at radius 2 is 2.00 bits per heavy atom. The first kappa shape index (κ1) is 15.7. The molecule has 0 aliphatic rings. The van der Waals surface area contributed by atoms with Gasteiger partial charge in [0.15, 0.2) is 0 Å². The fourth-order valence-electron chi connectivity index (χ4n) is 2.22. The molecule has 4 heteroatoms. The van der Waals surface area contributed by atoms with Crippen LogP contribution in [0.3, 0.4) is 0 Å². The van der Waals surface area contributed by atoms with Gasteiger partial charge in [-0.3, -0.25) is 4.90 Å². The third kappa shape index (κ3) is 4.99. The first-order valence-electron chi connectivity index (χ1n) is 7.25. The molecule has 0 bridgehead atoms. The second-order valence-corrected chi connectivity index (χ2v) is 5.77. The fourth-order valence-corrected chi connectivity index (χ4v) is 2.22. The van der Waals surface area contributed by atoms with Gasteiger partial charge in [0.2, 0.25) is 0 Å². The molecule has 1 aromatic heterocycles. The van der Waals surface area contributed by atoms with Crippen LogP contribution in [0.2, 0.25) is 0 Å².